The van der Waals surface area contributed by atoms with Crippen molar-refractivity contribution in [2.24, 2.45) is 0 Å². The Kier molecular flexibility index (Phi) is 3.93. The standard InChI is InChI=1S/C15H24N/c1-7-14-9-12(3)15(13(4)10-14)11-16(5,6)8-2/h7,9-10H,1,8,11H2,2-6H3/q+1. The summed E-state index contributed by atoms with van der Waals surface area (Å²) in [7, 11) is 4.56. The number of hydrogen-bond donors (Lipinski definition) is 0. The Morgan fingerprint density at radius 1 is 1.19 bits per heavy atom. The molecule has 0 atom stereocenters. The molecule has 0 fully saturated rings. The highest BCUT2D eigenvalue weighted by Gasteiger charge is 2.16. The second kappa shape index (κ2) is 4.84. The lowest BCUT2D eigenvalue weighted by atomic mass is 9.98. The van der Waals surface area contributed by atoms with E-state index < -0.39 is 0 Å². The van der Waals surface area contributed by atoms with Gasteiger partial charge >= 0.3 is 0 Å². The monoisotopic (exact) mass is 218 g/mol. The maximum atomic E-state index is 3.83. The molecule has 0 amide bonds. The summed E-state index contributed by atoms with van der Waals surface area (Å²) in [5, 5.41) is 0. The van der Waals surface area contributed by atoms with Crippen molar-refractivity contribution >= 4 is 6.08 Å². The van der Waals surface area contributed by atoms with Crippen LogP contribution >= 0.6 is 0 Å². The summed E-state index contributed by atoms with van der Waals surface area (Å²) in [6.45, 7) is 12.7. The molecule has 16 heavy (non-hydrogen) atoms. The van der Waals surface area contributed by atoms with Crippen molar-refractivity contribution in [1.82, 2.24) is 0 Å². The average molecular weight is 218 g/mol. The van der Waals surface area contributed by atoms with Crippen molar-refractivity contribution in [3.05, 3.63) is 41.0 Å². The zero-order chi connectivity index (χ0) is 12.3. The van der Waals surface area contributed by atoms with E-state index in [2.05, 4.69) is 53.6 Å². The molecule has 0 aliphatic rings. The summed E-state index contributed by atoms with van der Waals surface area (Å²) in [6, 6.07) is 4.45. The fourth-order valence-electron chi connectivity index (χ4n) is 1.93. The summed E-state index contributed by atoms with van der Waals surface area (Å²) in [5.74, 6) is 0. The molecule has 0 saturated carbocycles. The molecule has 1 heteroatoms. The van der Waals surface area contributed by atoms with E-state index in [1.165, 1.54) is 22.3 Å². The van der Waals surface area contributed by atoms with Crippen LogP contribution in [-0.2, 0) is 6.54 Å². The van der Waals surface area contributed by atoms with Gasteiger partial charge in [0, 0.05) is 5.56 Å². The molecule has 0 aliphatic carbocycles. The maximum Gasteiger partial charge on any atom is 0.104 e. The van der Waals surface area contributed by atoms with Crippen molar-refractivity contribution in [1.29, 1.82) is 0 Å². The van der Waals surface area contributed by atoms with Gasteiger partial charge in [0.15, 0.2) is 0 Å². The predicted molar refractivity (Wildman–Crippen MR) is 72.4 cm³/mol. The lowest BCUT2D eigenvalue weighted by Crippen LogP contribution is -2.38. The van der Waals surface area contributed by atoms with E-state index in [4.69, 9.17) is 0 Å². The predicted octanol–water partition coefficient (Wildman–Crippen LogP) is 3.54. The molecule has 0 unspecified atom stereocenters. The van der Waals surface area contributed by atoms with Crippen molar-refractivity contribution in [2.45, 2.75) is 27.3 Å². The van der Waals surface area contributed by atoms with Gasteiger partial charge in [-0.25, -0.2) is 0 Å². The molecule has 0 bridgehead atoms. The third-order valence-electron chi connectivity index (χ3n) is 3.40. The van der Waals surface area contributed by atoms with Crippen LogP contribution in [0.1, 0.15) is 29.2 Å². The molecule has 1 aromatic rings. The number of hydrogen-bond acceptors (Lipinski definition) is 0. The van der Waals surface area contributed by atoms with Gasteiger partial charge in [-0.05, 0) is 37.5 Å². The van der Waals surface area contributed by atoms with Gasteiger partial charge in [0.05, 0.1) is 20.6 Å². The van der Waals surface area contributed by atoms with Crippen LogP contribution in [0.4, 0.5) is 0 Å². The Labute approximate surface area is 100.0 Å². The molecule has 1 aromatic carbocycles. The Bertz CT molecular complexity index is 365. The number of rotatable bonds is 4. The first kappa shape index (κ1) is 13.0. The van der Waals surface area contributed by atoms with Crippen molar-refractivity contribution in [3.8, 4) is 0 Å². The maximum absolute atomic E-state index is 3.83. The highest BCUT2D eigenvalue weighted by atomic mass is 15.3. The van der Waals surface area contributed by atoms with Crippen LogP contribution in [0.15, 0.2) is 18.7 Å². The van der Waals surface area contributed by atoms with Gasteiger partial charge in [-0.2, -0.15) is 0 Å². The Morgan fingerprint density at radius 3 is 2.06 bits per heavy atom. The van der Waals surface area contributed by atoms with E-state index in [1.807, 2.05) is 6.08 Å². The second-order valence-electron chi connectivity index (χ2n) is 5.25. The molecule has 0 N–H and O–H groups in total. The molecule has 0 radical (unpaired) electrons. The molecular formula is C15H24N+. The highest BCUT2D eigenvalue weighted by molar-refractivity contribution is 5.52. The van der Waals surface area contributed by atoms with Gasteiger partial charge in [-0.15, -0.1) is 0 Å². The molecule has 1 rings (SSSR count). The number of nitrogens with zero attached hydrogens (tertiary/aromatic N) is 1. The summed E-state index contributed by atoms with van der Waals surface area (Å²) in [6.07, 6.45) is 1.92. The van der Waals surface area contributed by atoms with Crippen LogP contribution in [0, 0.1) is 13.8 Å². The van der Waals surface area contributed by atoms with Crippen LogP contribution in [-0.4, -0.2) is 25.1 Å². The zero-order valence-corrected chi connectivity index (χ0v) is 11.3. The Morgan fingerprint density at radius 2 is 1.69 bits per heavy atom. The molecule has 0 spiro atoms. The summed E-state index contributed by atoms with van der Waals surface area (Å²) < 4.78 is 1.04. The van der Waals surface area contributed by atoms with Crippen LogP contribution in [0.25, 0.3) is 6.08 Å². The summed E-state index contributed by atoms with van der Waals surface area (Å²) in [5.41, 5.74) is 5.47. The fourth-order valence-corrected chi connectivity index (χ4v) is 1.93. The summed E-state index contributed by atoms with van der Waals surface area (Å²) in [4.78, 5) is 0. The first-order valence-corrected chi connectivity index (χ1v) is 5.94. The van der Waals surface area contributed by atoms with E-state index in [0.29, 0.717) is 0 Å². The highest BCUT2D eigenvalue weighted by Crippen LogP contribution is 2.20. The molecule has 0 aromatic heterocycles. The van der Waals surface area contributed by atoms with Gasteiger partial charge in [0.2, 0.25) is 0 Å². The van der Waals surface area contributed by atoms with Gasteiger partial charge in [0.25, 0.3) is 0 Å². The van der Waals surface area contributed by atoms with E-state index >= 15 is 0 Å². The first-order valence-electron chi connectivity index (χ1n) is 5.94. The van der Waals surface area contributed by atoms with E-state index in [1.54, 1.807) is 0 Å². The number of quaternary nitrogens is 1. The molecule has 0 heterocycles. The van der Waals surface area contributed by atoms with Crippen molar-refractivity contribution in [2.75, 3.05) is 20.6 Å². The van der Waals surface area contributed by atoms with Crippen LogP contribution in [0.2, 0.25) is 0 Å². The zero-order valence-electron chi connectivity index (χ0n) is 11.3. The minimum absolute atomic E-state index is 1.04. The molecule has 88 valence electrons. The average Bonchev–Trinajstić information content (AvgIpc) is 2.23. The lowest BCUT2D eigenvalue weighted by Gasteiger charge is -2.29. The van der Waals surface area contributed by atoms with Gasteiger partial charge < -0.3 is 4.48 Å². The first-order chi connectivity index (χ1) is 7.39. The normalized spacial score (nSPS) is 11.6. The van der Waals surface area contributed by atoms with Gasteiger partial charge in [-0.3, -0.25) is 0 Å². The summed E-state index contributed by atoms with van der Waals surface area (Å²) >= 11 is 0. The third kappa shape index (κ3) is 2.96. The minimum Gasteiger partial charge on any atom is -0.325 e. The third-order valence-corrected chi connectivity index (χ3v) is 3.40. The number of benzene rings is 1. The SMILES string of the molecule is C=Cc1cc(C)c(C[N+](C)(C)CC)c(C)c1. The van der Waals surface area contributed by atoms with Crippen LogP contribution < -0.4 is 0 Å². The second-order valence-corrected chi connectivity index (χ2v) is 5.25. The Hall–Kier alpha value is -1.08. The topological polar surface area (TPSA) is 0 Å². The fraction of sp³-hybridized carbons (Fsp3) is 0.467. The van der Waals surface area contributed by atoms with Crippen LogP contribution in [0.3, 0.4) is 0 Å². The van der Waals surface area contributed by atoms with E-state index in [-0.39, 0.29) is 0 Å². The smallest absolute Gasteiger partial charge is 0.104 e. The largest absolute Gasteiger partial charge is 0.325 e. The van der Waals surface area contributed by atoms with Crippen molar-refractivity contribution < 1.29 is 4.48 Å². The van der Waals surface area contributed by atoms with Crippen LogP contribution in [0.5, 0.6) is 0 Å². The van der Waals surface area contributed by atoms with E-state index in [9.17, 15) is 0 Å². The Balaban J connectivity index is 3.10. The molecule has 1 nitrogen and oxygen atoms in total. The lowest BCUT2D eigenvalue weighted by molar-refractivity contribution is -0.901. The van der Waals surface area contributed by atoms with Gasteiger partial charge in [0.1, 0.15) is 6.54 Å². The number of aryl methyl sites for hydroxylation is 2. The van der Waals surface area contributed by atoms with Gasteiger partial charge in [-0.1, -0.05) is 24.8 Å². The minimum atomic E-state index is 1.04. The molecule has 0 saturated heterocycles. The molecule has 0 aliphatic heterocycles. The van der Waals surface area contributed by atoms with Crippen molar-refractivity contribution in [3.63, 3.8) is 0 Å². The molecular weight excluding hydrogens is 194 g/mol. The van der Waals surface area contributed by atoms with E-state index in [0.717, 1.165) is 17.6 Å². The quantitative estimate of drug-likeness (QED) is 0.678.